The van der Waals surface area contributed by atoms with E-state index in [1.54, 1.807) is 0 Å². The number of allylic oxidation sites excluding steroid dienone is 2. The molecule has 0 heterocycles. The van der Waals surface area contributed by atoms with Crippen LogP contribution < -0.4 is 5.32 Å². The molecular formula is C10H17N. The van der Waals surface area contributed by atoms with Crippen molar-refractivity contribution in [1.29, 1.82) is 0 Å². The molecule has 0 amide bonds. The molecule has 0 aromatic carbocycles. The van der Waals surface area contributed by atoms with E-state index in [0.29, 0.717) is 0 Å². The van der Waals surface area contributed by atoms with Crippen molar-refractivity contribution in [2.24, 2.45) is 0 Å². The average Bonchev–Trinajstić information content (AvgIpc) is 1.88. The fourth-order valence-electron chi connectivity index (χ4n) is 0.916. The SMILES string of the molecule is C=C(C)C(=C)C(NC)=C(C)C. The zero-order valence-electron chi connectivity index (χ0n) is 7.91. The Morgan fingerprint density at radius 1 is 1.09 bits per heavy atom. The van der Waals surface area contributed by atoms with Crippen LogP contribution >= 0.6 is 0 Å². The van der Waals surface area contributed by atoms with Crippen molar-refractivity contribution in [3.63, 3.8) is 0 Å². The van der Waals surface area contributed by atoms with Crippen LogP contribution in [-0.4, -0.2) is 7.05 Å². The second kappa shape index (κ2) is 4.02. The Labute approximate surface area is 69.5 Å². The summed E-state index contributed by atoms with van der Waals surface area (Å²) in [4.78, 5) is 0. The van der Waals surface area contributed by atoms with E-state index in [4.69, 9.17) is 0 Å². The van der Waals surface area contributed by atoms with Crippen LogP contribution in [-0.2, 0) is 0 Å². The molecule has 1 nitrogen and oxygen atoms in total. The largest absolute Gasteiger partial charge is 0.388 e. The molecule has 62 valence electrons. The molecule has 0 rings (SSSR count). The average molecular weight is 151 g/mol. The van der Waals surface area contributed by atoms with Gasteiger partial charge in [0.15, 0.2) is 0 Å². The smallest absolute Gasteiger partial charge is 0.0393 e. The highest BCUT2D eigenvalue weighted by atomic mass is 14.8. The molecule has 0 aromatic heterocycles. The van der Waals surface area contributed by atoms with E-state index >= 15 is 0 Å². The highest BCUT2D eigenvalue weighted by Crippen LogP contribution is 2.15. The van der Waals surface area contributed by atoms with Crippen molar-refractivity contribution < 1.29 is 0 Å². The molecule has 0 radical (unpaired) electrons. The van der Waals surface area contributed by atoms with Crippen LogP contribution in [0, 0.1) is 0 Å². The zero-order valence-corrected chi connectivity index (χ0v) is 7.91. The minimum atomic E-state index is 0.993. The predicted molar refractivity (Wildman–Crippen MR) is 51.4 cm³/mol. The first-order valence-corrected chi connectivity index (χ1v) is 3.71. The van der Waals surface area contributed by atoms with Crippen molar-refractivity contribution in [1.82, 2.24) is 5.32 Å². The Morgan fingerprint density at radius 3 is 1.64 bits per heavy atom. The summed E-state index contributed by atoms with van der Waals surface area (Å²) in [6, 6.07) is 0. The number of rotatable bonds is 3. The molecule has 0 aliphatic carbocycles. The van der Waals surface area contributed by atoms with Gasteiger partial charge in [-0.1, -0.05) is 18.7 Å². The van der Waals surface area contributed by atoms with Crippen LogP contribution in [0.15, 0.2) is 35.6 Å². The molecule has 0 bridgehead atoms. The fraction of sp³-hybridized carbons (Fsp3) is 0.400. The van der Waals surface area contributed by atoms with E-state index in [1.165, 1.54) is 5.57 Å². The predicted octanol–water partition coefficient (Wildman–Crippen LogP) is 2.63. The summed E-state index contributed by atoms with van der Waals surface area (Å²) >= 11 is 0. The zero-order chi connectivity index (χ0) is 9.02. The van der Waals surface area contributed by atoms with Crippen LogP contribution in [0.25, 0.3) is 0 Å². The second-order valence-electron chi connectivity index (χ2n) is 2.88. The minimum Gasteiger partial charge on any atom is -0.388 e. The Kier molecular flexibility index (Phi) is 3.66. The van der Waals surface area contributed by atoms with Crippen molar-refractivity contribution in [2.75, 3.05) is 7.05 Å². The monoisotopic (exact) mass is 151 g/mol. The number of nitrogens with one attached hydrogen (secondary N) is 1. The first-order valence-electron chi connectivity index (χ1n) is 3.71. The maximum absolute atomic E-state index is 3.93. The van der Waals surface area contributed by atoms with E-state index < -0.39 is 0 Å². The first-order chi connectivity index (χ1) is 5.00. The maximum Gasteiger partial charge on any atom is 0.0393 e. The third-order valence-electron chi connectivity index (χ3n) is 1.57. The van der Waals surface area contributed by atoms with Gasteiger partial charge in [-0.2, -0.15) is 0 Å². The lowest BCUT2D eigenvalue weighted by Crippen LogP contribution is -2.09. The van der Waals surface area contributed by atoms with Crippen LogP contribution in [0.5, 0.6) is 0 Å². The summed E-state index contributed by atoms with van der Waals surface area (Å²) in [5, 5.41) is 3.10. The van der Waals surface area contributed by atoms with Crippen molar-refractivity contribution in [2.45, 2.75) is 20.8 Å². The highest BCUT2D eigenvalue weighted by molar-refractivity contribution is 5.42. The van der Waals surface area contributed by atoms with Gasteiger partial charge in [-0.05, 0) is 31.9 Å². The van der Waals surface area contributed by atoms with Crippen LogP contribution in [0.1, 0.15) is 20.8 Å². The van der Waals surface area contributed by atoms with Crippen molar-refractivity contribution in [3.8, 4) is 0 Å². The Hall–Kier alpha value is -0.980. The van der Waals surface area contributed by atoms with Crippen LogP contribution in [0.4, 0.5) is 0 Å². The topological polar surface area (TPSA) is 12.0 Å². The molecule has 0 saturated carbocycles. The van der Waals surface area contributed by atoms with E-state index in [2.05, 4.69) is 32.3 Å². The molecule has 1 heteroatoms. The van der Waals surface area contributed by atoms with Gasteiger partial charge in [-0.15, -0.1) is 0 Å². The Balaban J connectivity index is 4.69. The molecule has 0 spiro atoms. The van der Waals surface area contributed by atoms with Crippen LogP contribution in [0.3, 0.4) is 0 Å². The van der Waals surface area contributed by atoms with Gasteiger partial charge >= 0.3 is 0 Å². The normalized spacial score (nSPS) is 8.73. The van der Waals surface area contributed by atoms with Crippen molar-refractivity contribution in [3.05, 3.63) is 35.6 Å². The Morgan fingerprint density at radius 2 is 1.55 bits per heavy atom. The maximum atomic E-state index is 3.93. The van der Waals surface area contributed by atoms with E-state index in [9.17, 15) is 0 Å². The summed E-state index contributed by atoms with van der Waals surface area (Å²) < 4.78 is 0. The summed E-state index contributed by atoms with van der Waals surface area (Å²) in [5.41, 5.74) is 4.33. The summed E-state index contributed by atoms with van der Waals surface area (Å²) in [7, 11) is 1.90. The molecular weight excluding hydrogens is 134 g/mol. The van der Waals surface area contributed by atoms with Gasteiger partial charge in [-0.25, -0.2) is 0 Å². The molecule has 1 N–H and O–H groups in total. The Bertz CT molecular complexity index is 205. The van der Waals surface area contributed by atoms with E-state index in [0.717, 1.165) is 16.8 Å². The minimum absolute atomic E-state index is 0.993. The fourth-order valence-corrected chi connectivity index (χ4v) is 0.916. The lowest BCUT2D eigenvalue weighted by molar-refractivity contribution is 0.973. The second-order valence-corrected chi connectivity index (χ2v) is 2.88. The molecule has 0 unspecified atom stereocenters. The van der Waals surface area contributed by atoms with Gasteiger partial charge in [0.2, 0.25) is 0 Å². The number of hydrogen-bond acceptors (Lipinski definition) is 1. The van der Waals surface area contributed by atoms with Crippen molar-refractivity contribution >= 4 is 0 Å². The molecule has 0 saturated heterocycles. The number of likely N-dealkylation sites (N-methyl/N-ethyl adjacent to an activating group) is 1. The molecule has 0 aliphatic heterocycles. The van der Waals surface area contributed by atoms with Gasteiger partial charge < -0.3 is 5.32 Å². The lowest BCUT2D eigenvalue weighted by Gasteiger charge is -2.11. The van der Waals surface area contributed by atoms with Gasteiger partial charge in [0.05, 0.1) is 0 Å². The van der Waals surface area contributed by atoms with E-state index in [-0.39, 0.29) is 0 Å². The highest BCUT2D eigenvalue weighted by Gasteiger charge is 2.01. The first kappa shape index (κ1) is 10.0. The van der Waals surface area contributed by atoms with Gasteiger partial charge in [-0.3, -0.25) is 0 Å². The molecule has 11 heavy (non-hydrogen) atoms. The van der Waals surface area contributed by atoms with Gasteiger partial charge in [0.25, 0.3) is 0 Å². The standard InChI is InChI=1S/C10H17N/c1-7(2)9(5)10(11-6)8(3)4/h11H,1,5H2,2-4,6H3. The summed E-state index contributed by atoms with van der Waals surface area (Å²) in [6.07, 6.45) is 0. The summed E-state index contributed by atoms with van der Waals surface area (Å²) in [6.45, 7) is 13.8. The quantitative estimate of drug-likeness (QED) is 0.611. The molecule has 0 fully saturated rings. The van der Waals surface area contributed by atoms with Gasteiger partial charge in [0, 0.05) is 12.7 Å². The third-order valence-corrected chi connectivity index (χ3v) is 1.57. The van der Waals surface area contributed by atoms with Crippen LogP contribution in [0.2, 0.25) is 0 Å². The van der Waals surface area contributed by atoms with E-state index in [1.807, 2.05) is 14.0 Å². The summed E-state index contributed by atoms with van der Waals surface area (Å²) in [5.74, 6) is 0. The van der Waals surface area contributed by atoms with Gasteiger partial charge in [0.1, 0.15) is 0 Å². The number of hydrogen-bond donors (Lipinski definition) is 1. The lowest BCUT2D eigenvalue weighted by atomic mass is 10.0. The molecule has 0 aliphatic rings. The molecule has 0 atom stereocenters. The molecule has 0 aromatic rings. The third kappa shape index (κ3) is 2.62.